The molecule has 0 atom stereocenters. The minimum atomic E-state index is -1.27. The lowest BCUT2D eigenvalue weighted by atomic mass is 10.0. The molecule has 0 saturated heterocycles. The van der Waals surface area contributed by atoms with Crippen LogP contribution < -0.4 is 0 Å². The van der Waals surface area contributed by atoms with Crippen molar-refractivity contribution in [1.82, 2.24) is 4.98 Å². The first-order valence-corrected chi connectivity index (χ1v) is 6.03. The van der Waals surface area contributed by atoms with Crippen molar-refractivity contribution in [2.24, 2.45) is 0 Å². The number of benzene rings is 2. The fraction of sp³-hybridized carbons (Fsp3) is 0. The van der Waals surface area contributed by atoms with E-state index < -0.39 is 11.8 Å². The van der Waals surface area contributed by atoms with Gasteiger partial charge in [-0.2, -0.15) is 0 Å². The third-order valence-electron chi connectivity index (χ3n) is 3.14. The Bertz CT molecular complexity index is 814. The summed E-state index contributed by atoms with van der Waals surface area (Å²) in [5.41, 5.74) is 1.91. The van der Waals surface area contributed by atoms with Crippen LogP contribution >= 0.6 is 0 Å². The Labute approximate surface area is 114 Å². The second-order valence-corrected chi connectivity index (χ2v) is 4.41. The van der Waals surface area contributed by atoms with Gasteiger partial charge in [-0.1, -0.05) is 24.3 Å². The number of carboxylic acid groups (broad SMARTS) is 1. The third-order valence-corrected chi connectivity index (χ3v) is 3.14. The van der Waals surface area contributed by atoms with Gasteiger partial charge in [0.25, 0.3) is 0 Å². The molecule has 0 unspecified atom stereocenters. The van der Waals surface area contributed by atoms with Crippen molar-refractivity contribution >= 4 is 16.9 Å². The van der Waals surface area contributed by atoms with Crippen LogP contribution in [-0.4, -0.2) is 16.1 Å². The second-order valence-electron chi connectivity index (χ2n) is 4.41. The van der Waals surface area contributed by atoms with E-state index in [1.807, 2.05) is 30.3 Å². The summed E-state index contributed by atoms with van der Waals surface area (Å²) in [7, 11) is 0. The van der Waals surface area contributed by atoms with Crippen LogP contribution in [0, 0.1) is 5.82 Å². The predicted octanol–water partition coefficient (Wildman–Crippen LogP) is 3.74. The van der Waals surface area contributed by atoms with Gasteiger partial charge in [-0.05, 0) is 35.4 Å². The van der Waals surface area contributed by atoms with E-state index in [-0.39, 0.29) is 5.56 Å². The first kappa shape index (κ1) is 12.3. The molecule has 4 heteroatoms. The van der Waals surface area contributed by atoms with E-state index in [9.17, 15) is 9.18 Å². The fourth-order valence-electron chi connectivity index (χ4n) is 2.11. The van der Waals surface area contributed by atoms with Gasteiger partial charge in [0.15, 0.2) is 0 Å². The highest BCUT2D eigenvalue weighted by atomic mass is 19.1. The molecule has 3 aromatic rings. The highest BCUT2D eigenvalue weighted by Crippen LogP contribution is 2.25. The Morgan fingerprint density at radius 1 is 1.05 bits per heavy atom. The molecule has 0 amide bonds. The van der Waals surface area contributed by atoms with Crippen molar-refractivity contribution in [3.63, 3.8) is 0 Å². The lowest BCUT2D eigenvalue weighted by Gasteiger charge is -2.05. The van der Waals surface area contributed by atoms with Crippen LogP contribution in [0.15, 0.2) is 54.7 Å². The molecule has 1 N–H and O–H groups in total. The topological polar surface area (TPSA) is 50.2 Å². The highest BCUT2D eigenvalue weighted by molar-refractivity contribution is 5.89. The zero-order valence-corrected chi connectivity index (χ0v) is 10.4. The minimum Gasteiger partial charge on any atom is -0.478 e. The maximum absolute atomic E-state index is 13.7. The van der Waals surface area contributed by atoms with Gasteiger partial charge in [-0.3, -0.25) is 4.98 Å². The smallest absolute Gasteiger partial charge is 0.338 e. The maximum atomic E-state index is 13.7. The van der Waals surface area contributed by atoms with Gasteiger partial charge < -0.3 is 5.11 Å². The average Bonchev–Trinajstić information content (AvgIpc) is 2.46. The molecule has 0 aliphatic carbocycles. The van der Waals surface area contributed by atoms with Crippen molar-refractivity contribution in [2.75, 3.05) is 0 Å². The normalized spacial score (nSPS) is 10.7. The predicted molar refractivity (Wildman–Crippen MR) is 74.1 cm³/mol. The molecule has 3 nitrogen and oxygen atoms in total. The zero-order valence-electron chi connectivity index (χ0n) is 10.4. The summed E-state index contributed by atoms with van der Waals surface area (Å²) in [6.45, 7) is 0. The van der Waals surface area contributed by atoms with Crippen LogP contribution in [0.4, 0.5) is 4.39 Å². The summed E-state index contributed by atoms with van der Waals surface area (Å²) < 4.78 is 13.7. The van der Waals surface area contributed by atoms with Gasteiger partial charge in [0.05, 0.1) is 11.1 Å². The maximum Gasteiger partial charge on any atom is 0.338 e. The summed E-state index contributed by atoms with van der Waals surface area (Å²) in [6.07, 6.45) is 1.69. The van der Waals surface area contributed by atoms with E-state index in [1.165, 1.54) is 12.1 Å². The molecule has 1 aromatic heterocycles. The molecule has 0 saturated carbocycles. The van der Waals surface area contributed by atoms with Crippen molar-refractivity contribution in [2.45, 2.75) is 0 Å². The molecule has 0 aliphatic heterocycles. The molecule has 1 heterocycles. The SMILES string of the molecule is O=C(O)c1ccc(-c2ccc3cccnc3c2)cc1F. The Morgan fingerprint density at radius 2 is 1.80 bits per heavy atom. The van der Waals surface area contributed by atoms with Crippen LogP contribution in [0.25, 0.3) is 22.0 Å². The average molecular weight is 267 g/mol. The number of carbonyl (C=O) groups is 1. The summed E-state index contributed by atoms with van der Waals surface area (Å²) in [5, 5.41) is 9.82. The number of hydrogen-bond acceptors (Lipinski definition) is 2. The number of aromatic carboxylic acids is 1. The van der Waals surface area contributed by atoms with E-state index in [4.69, 9.17) is 5.11 Å². The first-order chi connectivity index (χ1) is 9.65. The molecule has 0 fully saturated rings. The zero-order chi connectivity index (χ0) is 14.1. The molecular formula is C16H10FNO2. The summed E-state index contributed by atoms with van der Waals surface area (Å²) >= 11 is 0. The molecule has 0 radical (unpaired) electrons. The van der Waals surface area contributed by atoms with Crippen LogP contribution in [0.1, 0.15) is 10.4 Å². The number of fused-ring (bicyclic) bond motifs is 1. The Hall–Kier alpha value is -2.75. The Morgan fingerprint density at radius 3 is 2.55 bits per heavy atom. The van der Waals surface area contributed by atoms with Gasteiger partial charge in [-0.25, -0.2) is 9.18 Å². The number of aromatic nitrogens is 1. The number of pyridine rings is 1. The number of nitrogens with zero attached hydrogens (tertiary/aromatic N) is 1. The quantitative estimate of drug-likeness (QED) is 0.769. The standard InChI is InChI=1S/C16H10FNO2/c17-14-8-11(5-6-13(14)16(19)20)12-4-3-10-2-1-7-18-15(10)9-12/h1-9H,(H,19,20). The van der Waals surface area contributed by atoms with Crippen LogP contribution in [-0.2, 0) is 0 Å². The van der Waals surface area contributed by atoms with E-state index in [2.05, 4.69) is 4.98 Å². The van der Waals surface area contributed by atoms with Gasteiger partial charge in [0, 0.05) is 11.6 Å². The minimum absolute atomic E-state index is 0.326. The largest absolute Gasteiger partial charge is 0.478 e. The molecule has 20 heavy (non-hydrogen) atoms. The first-order valence-electron chi connectivity index (χ1n) is 6.03. The molecule has 0 spiro atoms. The van der Waals surface area contributed by atoms with E-state index >= 15 is 0 Å². The summed E-state index contributed by atoms with van der Waals surface area (Å²) in [4.78, 5) is 15.0. The number of rotatable bonds is 2. The van der Waals surface area contributed by atoms with Gasteiger partial charge in [0.2, 0.25) is 0 Å². The molecule has 3 rings (SSSR count). The van der Waals surface area contributed by atoms with E-state index in [0.29, 0.717) is 5.56 Å². The molecular weight excluding hydrogens is 257 g/mol. The van der Waals surface area contributed by atoms with Crippen molar-refractivity contribution in [3.05, 3.63) is 66.1 Å². The van der Waals surface area contributed by atoms with Crippen molar-refractivity contribution in [3.8, 4) is 11.1 Å². The third kappa shape index (κ3) is 2.12. The fourth-order valence-corrected chi connectivity index (χ4v) is 2.11. The van der Waals surface area contributed by atoms with E-state index in [1.54, 1.807) is 12.3 Å². The van der Waals surface area contributed by atoms with Crippen LogP contribution in [0.2, 0.25) is 0 Å². The molecule has 0 aliphatic rings. The van der Waals surface area contributed by atoms with Gasteiger partial charge in [0.1, 0.15) is 5.82 Å². The van der Waals surface area contributed by atoms with Gasteiger partial charge in [-0.15, -0.1) is 0 Å². The molecule has 98 valence electrons. The van der Waals surface area contributed by atoms with Gasteiger partial charge >= 0.3 is 5.97 Å². The number of halogens is 1. The van der Waals surface area contributed by atoms with E-state index in [0.717, 1.165) is 16.5 Å². The molecule has 0 bridgehead atoms. The Balaban J connectivity index is 2.11. The lowest BCUT2D eigenvalue weighted by molar-refractivity contribution is 0.0692. The Kier molecular flexibility index (Phi) is 2.91. The monoisotopic (exact) mass is 267 g/mol. The van der Waals surface area contributed by atoms with Crippen molar-refractivity contribution < 1.29 is 14.3 Å². The van der Waals surface area contributed by atoms with Crippen LogP contribution in [0.3, 0.4) is 0 Å². The number of hydrogen-bond donors (Lipinski definition) is 1. The number of carboxylic acids is 1. The highest BCUT2D eigenvalue weighted by Gasteiger charge is 2.11. The second kappa shape index (κ2) is 4.74. The lowest BCUT2D eigenvalue weighted by Crippen LogP contribution is -2.00. The van der Waals surface area contributed by atoms with Crippen molar-refractivity contribution in [1.29, 1.82) is 0 Å². The van der Waals surface area contributed by atoms with Crippen LogP contribution in [0.5, 0.6) is 0 Å². The summed E-state index contributed by atoms with van der Waals surface area (Å²) in [6, 6.07) is 13.5. The molecule has 2 aromatic carbocycles. The summed E-state index contributed by atoms with van der Waals surface area (Å²) in [5.74, 6) is -2.01.